The number of amides is 1. The molecule has 4 nitrogen and oxygen atoms in total. The number of anilines is 1. The Kier molecular flexibility index (Phi) is 5.15. The number of ketones is 1. The normalized spacial score (nSPS) is 17.9. The maximum atomic E-state index is 13.7. The molecule has 3 aromatic carbocycles. The van der Waals surface area contributed by atoms with Crippen molar-refractivity contribution >= 4 is 23.1 Å². The summed E-state index contributed by atoms with van der Waals surface area (Å²) >= 11 is 0. The minimum Gasteiger partial charge on any atom is -0.507 e. The van der Waals surface area contributed by atoms with Crippen LogP contribution >= 0.6 is 0 Å². The summed E-state index contributed by atoms with van der Waals surface area (Å²) in [7, 11) is 0. The Morgan fingerprint density at radius 3 is 2.16 bits per heavy atom. The van der Waals surface area contributed by atoms with E-state index in [-0.39, 0.29) is 16.7 Å². The average molecular weight is 419 g/mol. The number of aliphatic hydroxyl groups excluding tert-OH is 1. The molecule has 3 aromatic rings. The molecule has 1 saturated heterocycles. The number of rotatable bonds is 3. The monoisotopic (exact) mass is 419 g/mol. The SMILES string of the molecule is Cc1ccc(N2C(=O)C(=O)/C(=C(\O)c3ccc(F)c(C)c3)C2c2ccc(F)cc2)cc1. The molecule has 0 saturated carbocycles. The van der Waals surface area contributed by atoms with Gasteiger partial charge in [-0.3, -0.25) is 14.5 Å². The molecule has 0 aromatic heterocycles. The number of aliphatic hydroxyl groups is 1. The van der Waals surface area contributed by atoms with Crippen LogP contribution in [0, 0.1) is 25.5 Å². The second kappa shape index (κ2) is 7.80. The second-order valence-corrected chi connectivity index (χ2v) is 7.52. The van der Waals surface area contributed by atoms with Crippen molar-refractivity contribution < 1.29 is 23.5 Å². The van der Waals surface area contributed by atoms with Crippen molar-refractivity contribution in [3.8, 4) is 0 Å². The fourth-order valence-corrected chi connectivity index (χ4v) is 3.71. The van der Waals surface area contributed by atoms with E-state index in [1.165, 1.54) is 54.3 Å². The molecule has 1 heterocycles. The molecule has 6 heteroatoms. The minimum atomic E-state index is -0.964. The summed E-state index contributed by atoms with van der Waals surface area (Å²) in [6.07, 6.45) is 0. The van der Waals surface area contributed by atoms with Crippen molar-refractivity contribution in [1.82, 2.24) is 0 Å². The molecule has 4 rings (SSSR count). The lowest BCUT2D eigenvalue weighted by Gasteiger charge is -2.25. The first-order valence-electron chi connectivity index (χ1n) is 9.67. The number of halogens is 2. The van der Waals surface area contributed by atoms with E-state index in [9.17, 15) is 23.5 Å². The first-order chi connectivity index (χ1) is 14.8. The molecule has 1 unspecified atom stereocenters. The van der Waals surface area contributed by atoms with Crippen LogP contribution in [0.5, 0.6) is 0 Å². The van der Waals surface area contributed by atoms with Gasteiger partial charge in [0, 0.05) is 11.3 Å². The van der Waals surface area contributed by atoms with Crippen LogP contribution in [-0.4, -0.2) is 16.8 Å². The van der Waals surface area contributed by atoms with Gasteiger partial charge in [0.2, 0.25) is 0 Å². The number of hydrogen-bond donors (Lipinski definition) is 1. The summed E-state index contributed by atoms with van der Waals surface area (Å²) in [6.45, 7) is 3.43. The Hall–Kier alpha value is -3.80. The lowest BCUT2D eigenvalue weighted by atomic mass is 9.94. The first kappa shape index (κ1) is 20.5. The zero-order chi connectivity index (χ0) is 22.3. The van der Waals surface area contributed by atoms with Gasteiger partial charge in [-0.2, -0.15) is 0 Å². The Labute approximate surface area is 178 Å². The zero-order valence-electron chi connectivity index (χ0n) is 16.9. The minimum absolute atomic E-state index is 0.136. The molecule has 156 valence electrons. The van der Waals surface area contributed by atoms with E-state index in [1.807, 2.05) is 6.92 Å². The topological polar surface area (TPSA) is 57.6 Å². The predicted molar refractivity (Wildman–Crippen MR) is 113 cm³/mol. The third kappa shape index (κ3) is 3.61. The Morgan fingerprint density at radius 2 is 1.55 bits per heavy atom. The Morgan fingerprint density at radius 1 is 0.903 bits per heavy atom. The van der Waals surface area contributed by atoms with Crippen LogP contribution in [0.3, 0.4) is 0 Å². The zero-order valence-corrected chi connectivity index (χ0v) is 16.9. The molecule has 0 bridgehead atoms. The molecule has 1 N–H and O–H groups in total. The summed E-state index contributed by atoms with van der Waals surface area (Å²) in [5.41, 5.74) is 2.27. The van der Waals surface area contributed by atoms with Crippen molar-refractivity contribution in [3.05, 3.63) is 106 Å². The maximum absolute atomic E-state index is 13.7. The average Bonchev–Trinajstić information content (AvgIpc) is 3.01. The van der Waals surface area contributed by atoms with Crippen molar-refractivity contribution in [2.75, 3.05) is 4.90 Å². The molecule has 1 fully saturated rings. The molecule has 0 radical (unpaired) electrons. The van der Waals surface area contributed by atoms with E-state index in [1.54, 1.807) is 24.3 Å². The molecule has 0 spiro atoms. The van der Waals surface area contributed by atoms with Gasteiger partial charge in [-0.05, 0) is 67.4 Å². The number of carbonyl (C=O) groups is 2. The van der Waals surface area contributed by atoms with Gasteiger partial charge >= 0.3 is 0 Å². The highest BCUT2D eigenvalue weighted by Crippen LogP contribution is 2.42. The molecule has 0 aliphatic carbocycles. The number of nitrogens with zero attached hydrogens (tertiary/aromatic N) is 1. The van der Waals surface area contributed by atoms with Gasteiger partial charge < -0.3 is 5.11 Å². The van der Waals surface area contributed by atoms with Crippen LogP contribution < -0.4 is 4.90 Å². The molecule has 1 aliphatic heterocycles. The highest BCUT2D eigenvalue weighted by molar-refractivity contribution is 6.51. The number of carbonyl (C=O) groups excluding carboxylic acids is 2. The fourth-order valence-electron chi connectivity index (χ4n) is 3.71. The summed E-state index contributed by atoms with van der Waals surface area (Å²) < 4.78 is 27.3. The van der Waals surface area contributed by atoms with Gasteiger partial charge in [-0.25, -0.2) is 8.78 Å². The summed E-state index contributed by atoms with van der Waals surface area (Å²) in [5.74, 6) is -3.00. The van der Waals surface area contributed by atoms with Gasteiger partial charge in [0.15, 0.2) is 0 Å². The van der Waals surface area contributed by atoms with Crippen LogP contribution in [0.15, 0.2) is 72.3 Å². The quantitative estimate of drug-likeness (QED) is 0.360. The number of aryl methyl sites for hydroxylation is 2. The first-order valence-corrected chi connectivity index (χ1v) is 9.67. The van der Waals surface area contributed by atoms with Gasteiger partial charge in [-0.15, -0.1) is 0 Å². The van der Waals surface area contributed by atoms with Crippen LogP contribution in [-0.2, 0) is 9.59 Å². The van der Waals surface area contributed by atoms with Gasteiger partial charge in [0.1, 0.15) is 17.4 Å². The van der Waals surface area contributed by atoms with Crippen molar-refractivity contribution in [1.29, 1.82) is 0 Å². The third-order valence-electron chi connectivity index (χ3n) is 5.37. The van der Waals surface area contributed by atoms with Crippen LogP contribution in [0.1, 0.15) is 28.3 Å². The molecule has 1 amide bonds. The highest BCUT2D eigenvalue weighted by Gasteiger charge is 2.46. The smallest absolute Gasteiger partial charge is 0.300 e. The van der Waals surface area contributed by atoms with Crippen LogP contribution in [0.4, 0.5) is 14.5 Å². The molecular weight excluding hydrogens is 400 g/mol. The predicted octanol–water partition coefficient (Wildman–Crippen LogP) is 5.21. The number of Topliss-reactive ketones (excluding diaryl/α,β-unsaturated/α-hetero) is 1. The van der Waals surface area contributed by atoms with Gasteiger partial charge in [0.25, 0.3) is 11.7 Å². The van der Waals surface area contributed by atoms with Crippen molar-refractivity contribution in [2.24, 2.45) is 0 Å². The van der Waals surface area contributed by atoms with Crippen molar-refractivity contribution in [2.45, 2.75) is 19.9 Å². The third-order valence-corrected chi connectivity index (χ3v) is 5.37. The summed E-state index contributed by atoms with van der Waals surface area (Å²) in [5, 5.41) is 11.0. The van der Waals surface area contributed by atoms with E-state index < -0.39 is 35.1 Å². The summed E-state index contributed by atoms with van der Waals surface area (Å²) in [4.78, 5) is 27.3. The highest BCUT2D eigenvalue weighted by atomic mass is 19.1. The van der Waals surface area contributed by atoms with Gasteiger partial charge in [0.05, 0.1) is 11.6 Å². The van der Waals surface area contributed by atoms with Gasteiger partial charge in [-0.1, -0.05) is 29.8 Å². The fraction of sp³-hybridized carbons (Fsp3) is 0.120. The summed E-state index contributed by atoms with van der Waals surface area (Å²) in [6, 6.07) is 15.4. The van der Waals surface area contributed by atoms with Crippen LogP contribution in [0.25, 0.3) is 5.76 Å². The van der Waals surface area contributed by atoms with E-state index in [0.29, 0.717) is 11.3 Å². The lowest BCUT2D eigenvalue weighted by Crippen LogP contribution is -2.29. The maximum Gasteiger partial charge on any atom is 0.300 e. The molecular formula is C25H19F2NO3. The Bertz CT molecular complexity index is 1210. The molecule has 1 atom stereocenters. The lowest BCUT2D eigenvalue weighted by molar-refractivity contribution is -0.132. The second-order valence-electron chi connectivity index (χ2n) is 7.52. The van der Waals surface area contributed by atoms with E-state index in [4.69, 9.17) is 0 Å². The van der Waals surface area contributed by atoms with Crippen LogP contribution in [0.2, 0.25) is 0 Å². The van der Waals surface area contributed by atoms with E-state index >= 15 is 0 Å². The van der Waals surface area contributed by atoms with E-state index in [2.05, 4.69) is 0 Å². The van der Waals surface area contributed by atoms with E-state index in [0.717, 1.165) is 5.56 Å². The largest absolute Gasteiger partial charge is 0.507 e. The Balaban J connectivity index is 1.94. The van der Waals surface area contributed by atoms with Crippen molar-refractivity contribution in [3.63, 3.8) is 0 Å². The number of benzene rings is 3. The number of hydrogen-bond acceptors (Lipinski definition) is 3. The standard InChI is InChI=1S/C25H19F2NO3/c1-14-3-10-19(11-4-14)28-22(16-5-8-18(26)9-6-16)21(24(30)25(28)31)23(29)17-7-12-20(27)15(2)13-17/h3-13,22,29H,1-2H3/b23-21-. The molecule has 1 aliphatic rings. The molecule has 31 heavy (non-hydrogen) atoms.